The van der Waals surface area contributed by atoms with Crippen LogP contribution in [-0.4, -0.2) is 49.5 Å². The van der Waals surface area contributed by atoms with Crippen LogP contribution in [0.1, 0.15) is 12.1 Å². The predicted molar refractivity (Wildman–Crippen MR) is 72.1 cm³/mol. The standard InChI is InChI=1S/C13H22N4O/c1-17(2)10-9-16-13(18)6-8-14-11-12-5-3-4-7-15-12/h3-5,7,14H,6,8-11H2,1-2H3,(H,16,18). The van der Waals surface area contributed by atoms with Gasteiger partial charge in [-0.1, -0.05) is 6.07 Å². The SMILES string of the molecule is CN(C)CCNC(=O)CCNCc1ccccn1. The quantitative estimate of drug-likeness (QED) is 0.649. The number of likely N-dealkylation sites (N-methyl/N-ethyl adjacent to an activating group) is 1. The number of nitrogens with zero attached hydrogens (tertiary/aromatic N) is 2. The number of hydrogen-bond acceptors (Lipinski definition) is 4. The predicted octanol–water partition coefficient (Wildman–Crippen LogP) is 0.239. The Labute approximate surface area is 109 Å². The van der Waals surface area contributed by atoms with E-state index in [4.69, 9.17) is 0 Å². The van der Waals surface area contributed by atoms with E-state index in [2.05, 4.69) is 15.6 Å². The fourth-order valence-electron chi connectivity index (χ4n) is 1.43. The van der Waals surface area contributed by atoms with Crippen molar-refractivity contribution >= 4 is 5.91 Å². The van der Waals surface area contributed by atoms with E-state index in [0.29, 0.717) is 26.1 Å². The minimum Gasteiger partial charge on any atom is -0.355 e. The first-order chi connectivity index (χ1) is 8.68. The summed E-state index contributed by atoms with van der Waals surface area (Å²) < 4.78 is 0. The van der Waals surface area contributed by atoms with Crippen LogP contribution in [0.15, 0.2) is 24.4 Å². The molecule has 5 nitrogen and oxygen atoms in total. The Hall–Kier alpha value is -1.46. The first-order valence-electron chi connectivity index (χ1n) is 6.20. The van der Waals surface area contributed by atoms with Crippen LogP contribution in [0, 0.1) is 0 Å². The van der Waals surface area contributed by atoms with Gasteiger partial charge in [0.2, 0.25) is 5.91 Å². The number of carbonyl (C=O) groups excluding carboxylic acids is 1. The van der Waals surface area contributed by atoms with Gasteiger partial charge >= 0.3 is 0 Å². The zero-order chi connectivity index (χ0) is 13.2. The van der Waals surface area contributed by atoms with Gasteiger partial charge < -0.3 is 15.5 Å². The van der Waals surface area contributed by atoms with E-state index in [1.807, 2.05) is 37.2 Å². The van der Waals surface area contributed by atoms with Crippen molar-refractivity contribution in [3.05, 3.63) is 30.1 Å². The normalized spacial score (nSPS) is 10.6. The molecule has 5 heteroatoms. The summed E-state index contributed by atoms with van der Waals surface area (Å²) in [5, 5.41) is 6.07. The third kappa shape index (κ3) is 6.98. The largest absolute Gasteiger partial charge is 0.355 e. The average molecular weight is 250 g/mol. The lowest BCUT2D eigenvalue weighted by atomic mass is 10.3. The minimum atomic E-state index is 0.0883. The first kappa shape index (κ1) is 14.6. The molecule has 0 saturated carbocycles. The molecule has 0 aromatic carbocycles. The van der Waals surface area contributed by atoms with Crippen LogP contribution >= 0.6 is 0 Å². The molecule has 0 radical (unpaired) electrons. The molecule has 0 fully saturated rings. The molecule has 0 bridgehead atoms. The molecule has 0 aliphatic rings. The fraction of sp³-hybridized carbons (Fsp3) is 0.538. The van der Waals surface area contributed by atoms with Gasteiger partial charge in [-0.3, -0.25) is 9.78 Å². The Balaban J connectivity index is 2.02. The highest BCUT2D eigenvalue weighted by atomic mass is 16.1. The van der Waals surface area contributed by atoms with Crippen molar-refractivity contribution in [2.24, 2.45) is 0 Å². The summed E-state index contributed by atoms with van der Waals surface area (Å²) in [6, 6.07) is 5.81. The van der Waals surface area contributed by atoms with Crippen LogP contribution in [0.3, 0.4) is 0 Å². The second-order valence-electron chi connectivity index (χ2n) is 4.40. The van der Waals surface area contributed by atoms with E-state index in [0.717, 1.165) is 12.2 Å². The Morgan fingerprint density at radius 3 is 2.83 bits per heavy atom. The maximum absolute atomic E-state index is 11.5. The lowest BCUT2D eigenvalue weighted by Crippen LogP contribution is -2.33. The molecule has 0 unspecified atom stereocenters. The summed E-state index contributed by atoms with van der Waals surface area (Å²) >= 11 is 0. The third-order valence-electron chi connectivity index (χ3n) is 2.44. The topological polar surface area (TPSA) is 57.3 Å². The van der Waals surface area contributed by atoms with E-state index in [1.165, 1.54) is 0 Å². The van der Waals surface area contributed by atoms with Gasteiger partial charge in [-0.25, -0.2) is 0 Å². The molecule has 1 amide bonds. The molecular weight excluding hydrogens is 228 g/mol. The lowest BCUT2D eigenvalue weighted by Gasteiger charge is -2.10. The van der Waals surface area contributed by atoms with Gasteiger partial charge in [0.1, 0.15) is 0 Å². The average Bonchev–Trinajstić information content (AvgIpc) is 2.35. The highest BCUT2D eigenvalue weighted by molar-refractivity contribution is 5.76. The molecule has 1 heterocycles. The summed E-state index contributed by atoms with van der Waals surface area (Å²) in [4.78, 5) is 17.7. The number of rotatable bonds is 8. The van der Waals surface area contributed by atoms with Gasteiger partial charge in [0.05, 0.1) is 5.69 Å². The van der Waals surface area contributed by atoms with Crippen molar-refractivity contribution in [3.63, 3.8) is 0 Å². The summed E-state index contributed by atoms with van der Waals surface area (Å²) in [7, 11) is 3.97. The van der Waals surface area contributed by atoms with Gasteiger partial charge in [0.15, 0.2) is 0 Å². The summed E-state index contributed by atoms with van der Waals surface area (Å²) in [5.74, 6) is 0.0883. The number of carbonyl (C=O) groups is 1. The zero-order valence-corrected chi connectivity index (χ0v) is 11.1. The van der Waals surface area contributed by atoms with Crippen molar-refractivity contribution in [1.82, 2.24) is 20.5 Å². The fourth-order valence-corrected chi connectivity index (χ4v) is 1.43. The highest BCUT2D eigenvalue weighted by Crippen LogP contribution is 1.91. The zero-order valence-electron chi connectivity index (χ0n) is 11.1. The molecular formula is C13H22N4O. The highest BCUT2D eigenvalue weighted by Gasteiger charge is 2.00. The molecule has 0 aliphatic carbocycles. The molecule has 1 aromatic heterocycles. The first-order valence-corrected chi connectivity index (χ1v) is 6.20. The van der Waals surface area contributed by atoms with Crippen LogP contribution in [0.5, 0.6) is 0 Å². The maximum Gasteiger partial charge on any atom is 0.221 e. The second kappa shape index (κ2) is 8.60. The summed E-state index contributed by atoms with van der Waals surface area (Å²) in [6.07, 6.45) is 2.27. The maximum atomic E-state index is 11.5. The van der Waals surface area contributed by atoms with Crippen molar-refractivity contribution in [2.75, 3.05) is 33.7 Å². The van der Waals surface area contributed by atoms with E-state index in [1.54, 1.807) is 6.20 Å². The molecule has 0 atom stereocenters. The molecule has 0 aliphatic heterocycles. The van der Waals surface area contributed by atoms with Gasteiger partial charge in [0.25, 0.3) is 0 Å². The Bertz CT molecular complexity index is 340. The van der Waals surface area contributed by atoms with Gasteiger partial charge in [-0.2, -0.15) is 0 Å². The van der Waals surface area contributed by atoms with Gasteiger partial charge in [-0.05, 0) is 26.2 Å². The third-order valence-corrected chi connectivity index (χ3v) is 2.44. The summed E-state index contributed by atoms with van der Waals surface area (Å²) in [5.41, 5.74) is 0.991. The van der Waals surface area contributed by atoms with Crippen molar-refractivity contribution in [1.29, 1.82) is 0 Å². The van der Waals surface area contributed by atoms with Crippen molar-refractivity contribution in [2.45, 2.75) is 13.0 Å². The number of aromatic nitrogens is 1. The number of pyridine rings is 1. The van der Waals surface area contributed by atoms with E-state index in [9.17, 15) is 4.79 Å². The molecule has 0 saturated heterocycles. The van der Waals surface area contributed by atoms with Crippen LogP contribution in [0.25, 0.3) is 0 Å². The van der Waals surface area contributed by atoms with Gasteiger partial charge in [-0.15, -0.1) is 0 Å². The monoisotopic (exact) mass is 250 g/mol. The number of nitrogens with one attached hydrogen (secondary N) is 2. The van der Waals surface area contributed by atoms with Crippen molar-refractivity contribution in [3.8, 4) is 0 Å². The minimum absolute atomic E-state index is 0.0883. The van der Waals surface area contributed by atoms with Gasteiger partial charge in [0, 0.05) is 38.8 Å². The molecule has 1 rings (SSSR count). The smallest absolute Gasteiger partial charge is 0.221 e. The van der Waals surface area contributed by atoms with E-state index in [-0.39, 0.29) is 5.91 Å². The van der Waals surface area contributed by atoms with Crippen LogP contribution in [-0.2, 0) is 11.3 Å². The molecule has 0 spiro atoms. The Kier molecular flexibility index (Phi) is 6.98. The Morgan fingerprint density at radius 1 is 1.33 bits per heavy atom. The summed E-state index contributed by atoms with van der Waals surface area (Å²) in [6.45, 7) is 2.94. The molecule has 100 valence electrons. The van der Waals surface area contributed by atoms with E-state index >= 15 is 0 Å². The van der Waals surface area contributed by atoms with Crippen LogP contribution < -0.4 is 10.6 Å². The lowest BCUT2D eigenvalue weighted by molar-refractivity contribution is -0.121. The molecule has 2 N–H and O–H groups in total. The molecule has 1 aromatic rings. The van der Waals surface area contributed by atoms with Crippen molar-refractivity contribution < 1.29 is 4.79 Å². The van der Waals surface area contributed by atoms with E-state index < -0.39 is 0 Å². The second-order valence-corrected chi connectivity index (χ2v) is 4.40. The molecule has 18 heavy (non-hydrogen) atoms. The number of amides is 1. The number of hydrogen-bond donors (Lipinski definition) is 2. The van der Waals surface area contributed by atoms with Crippen LogP contribution in [0.4, 0.5) is 0 Å². The van der Waals surface area contributed by atoms with Crippen LogP contribution in [0.2, 0.25) is 0 Å². The Morgan fingerprint density at radius 2 is 2.17 bits per heavy atom.